The summed E-state index contributed by atoms with van der Waals surface area (Å²) in [6, 6.07) is 5.31. The number of aromatic nitrogens is 2. The zero-order valence-electron chi connectivity index (χ0n) is 15.2. The molecule has 1 aromatic carbocycles. The average molecular weight is 410 g/mol. The van der Waals surface area contributed by atoms with Crippen molar-refractivity contribution in [2.75, 3.05) is 44.7 Å². The number of anilines is 1. The largest absolute Gasteiger partial charge is 0.366 e. The van der Waals surface area contributed by atoms with E-state index in [0.29, 0.717) is 49.1 Å². The van der Waals surface area contributed by atoms with Crippen LogP contribution in [0.2, 0.25) is 10.0 Å². The maximum Gasteiger partial charge on any atom is 0.292 e. The highest BCUT2D eigenvalue weighted by molar-refractivity contribution is 6.33. The monoisotopic (exact) mass is 409 g/mol. The number of nitrogens with one attached hydrogen (secondary N) is 1. The molecule has 1 aliphatic rings. The summed E-state index contributed by atoms with van der Waals surface area (Å²) < 4.78 is 1.25. The SMILES string of the molecule is CNC(=O)CN1CCN(c2cnn(-c3ccc(C)c(Cl)c3)c(=O)c2Cl)CC1. The summed E-state index contributed by atoms with van der Waals surface area (Å²) in [4.78, 5) is 28.3. The maximum atomic E-state index is 12.7. The first-order chi connectivity index (χ1) is 12.9. The van der Waals surface area contributed by atoms with Crippen molar-refractivity contribution in [3.05, 3.63) is 50.4 Å². The third kappa shape index (κ3) is 4.26. The van der Waals surface area contributed by atoms with Crippen molar-refractivity contribution in [1.82, 2.24) is 20.0 Å². The number of nitrogens with zero attached hydrogens (tertiary/aromatic N) is 4. The quantitative estimate of drug-likeness (QED) is 0.831. The standard InChI is InChI=1S/C18H21Cl2N5O2/c1-12-3-4-13(9-14(12)19)25-18(27)17(20)15(10-22-25)24-7-5-23(6-8-24)11-16(26)21-2/h3-4,9-10H,5-8,11H2,1-2H3,(H,21,26). The number of carbonyl (C=O) groups is 1. The van der Waals surface area contributed by atoms with Crippen LogP contribution in [0.25, 0.3) is 5.69 Å². The number of carbonyl (C=O) groups excluding carboxylic acids is 1. The molecule has 1 amide bonds. The fourth-order valence-electron chi connectivity index (χ4n) is 2.97. The Morgan fingerprint density at radius 3 is 2.56 bits per heavy atom. The van der Waals surface area contributed by atoms with Crippen molar-refractivity contribution in [3.63, 3.8) is 0 Å². The number of hydrogen-bond acceptors (Lipinski definition) is 5. The van der Waals surface area contributed by atoms with E-state index in [0.717, 1.165) is 5.56 Å². The van der Waals surface area contributed by atoms with Crippen LogP contribution >= 0.6 is 23.2 Å². The first-order valence-corrected chi connectivity index (χ1v) is 9.38. The molecule has 2 heterocycles. The minimum atomic E-state index is -0.387. The fraction of sp³-hybridized carbons (Fsp3) is 0.389. The van der Waals surface area contributed by atoms with E-state index in [2.05, 4.69) is 15.3 Å². The zero-order chi connectivity index (χ0) is 19.6. The van der Waals surface area contributed by atoms with Gasteiger partial charge in [0.15, 0.2) is 0 Å². The molecule has 0 aliphatic carbocycles. The lowest BCUT2D eigenvalue weighted by molar-refractivity contribution is -0.121. The Kier molecular flexibility index (Phi) is 6.04. The van der Waals surface area contributed by atoms with E-state index in [4.69, 9.17) is 23.2 Å². The van der Waals surface area contributed by atoms with Gasteiger partial charge in [0, 0.05) is 38.2 Å². The van der Waals surface area contributed by atoms with Crippen molar-refractivity contribution in [1.29, 1.82) is 0 Å². The summed E-state index contributed by atoms with van der Waals surface area (Å²) in [5, 5.41) is 7.59. The van der Waals surface area contributed by atoms with Crippen molar-refractivity contribution in [2.45, 2.75) is 6.92 Å². The van der Waals surface area contributed by atoms with E-state index in [1.165, 1.54) is 4.68 Å². The lowest BCUT2D eigenvalue weighted by atomic mass is 10.2. The third-order valence-electron chi connectivity index (χ3n) is 4.66. The Morgan fingerprint density at radius 2 is 1.93 bits per heavy atom. The van der Waals surface area contributed by atoms with Crippen LogP contribution < -0.4 is 15.8 Å². The van der Waals surface area contributed by atoms with Crippen molar-refractivity contribution in [2.24, 2.45) is 0 Å². The van der Waals surface area contributed by atoms with Gasteiger partial charge in [0.1, 0.15) is 5.02 Å². The smallest absolute Gasteiger partial charge is 0.292 e. The summed E-state index contributed by atoms with van der Waals surface area (Å²) in [5.74, 6) is -0.0116. The predicted molar refractivity (Wildman–Crippen MR) is 107 cm³/mol. The van der Waals surface area contributed by atoms with Gasteiger partial charge < -0.3 is 10.2 Å². The summed E-state index contributed by atoms with van der Waals surface area (Å²) >= 11 is 12.5. The minimum Gasteiger partial charge on any atom is -0.366 e. The zero-order valence-corrected chi connectivity index (χ0v) is 16.7. The van der Waals surface area contributed by atoms with Crippen molar-refractivity contribution in [3.8, 4) is 5.69 Å². The van der Waals surface area contributed by atoms with Crippen LogP contribution in [0.15, 0.2) is 29.2 Å². The van der Waals surface area contributed by atoms with E-state index in [1.54, 1.807) is 25.4 Å². The van der Waals surface area contributed by atoms with Gasteiger partial charge >= 0.3 is 0 Å². The fourth-order valence-corrected chi connectivity index (χ4v) is 3.39. The summed E-state index contributed by atoms with van der Waals surface area (Å²) in [6.07, 6.45) is 1.60. The normalized spacial score (nSPS) is 15.0. The number of benzene rings is 1. The van der Waals surface area contributed by atoms with Crippen LogP contribution in [0.3, 0.4) is 0 Å². The van der Waals surface area contributed by atoms with Crippen LogP contribution in [-0.4, -0.2) is 60.4 Å². The van der Waals surface area contributed by atoms with Gasteiger partial charge in [-0.3, -0.25) is 14.5 Å². The molecule has 0 unspecified atom stereocenters. The molecule has 1 saturated heterocycles. The van der Waals surface area contributed by atoms with Gasteiger partial charge in [-0.1, -0.05) is 29.3 Å². The highest BCUT2D eigenvalue weighted by atomic mass is 35.5. The van der Waals surface area contributed by atoms with Crippen LogP contribution in [0, 0.1) is 6.92 Å². The van der Waals surface area contributed by atoms with Gasteiger partial charge in [-0.05, 0) is 24.6 Å². The number of rotatable bonds is 4. The molecule has 7 nitrogen and oxygen atoms in total. The summed E-state index contributed by atoms with van der Waals surface area (Å²) in [7, 11) is 1.63. The second kappa shape index (κ2) is 8.29. The topological polar surface area (TPSA) is 70.5 Å². The molecule has 0 atom stereocenters. The van der Waals surface area contributed by atoms with E-state index >= 15 is 0 Å². The Bertz CT molecular complexity index is 907. The molecule has 2 aromatic rings. The highest BCUT2D eigenvalue weighted by Gasteiger charge is 2.22. The van der Waals surface area contributed by atoms with Gasteiger partial charge in [0.2, 0.25) is 5.91 Å². The number of aryl methyl sites for hydroxylation is 1. The molecule has 0 spiro atoms. The van der Waals surface area contributed by atoms with Crippen molar-refractivity contribution < 1.29 is 4.79 Å². The molecule has 1 aliphatic heterocycles. The van der Waals surface area contributed by atoms with Gasteiger partial charge in [0.25, 0.3) is 5.56 Å². The Labute approximate surface area is 167 Å². The molecule has 1 N–H and O–H groups in total. The van der Waals surface area contributed by atoms with Crippen LogP contribution in [0.1, 0.15) is 5.56 Å². The van der Waals surface area contributed by atoms with Crippen LogP contribution in [0.5, 0.6) is 0 Å². The Hall–Kier alpha value is -2.09. The summed E-state index contributed by atoms with van der Waals surface area (Å²) in [6.45, 7) is 5.01. The average Bonchev–Trinajstić information content (AvgIpc) is 2.67. The molecule has 1 aromatic heterocycles. The highest BCUT2D eigenvalue weighted by Crippen LogP contribution is 2.24. The molecule has 144 valence electrons. The number of hydrogen-bond donors (Lipinski definition) is 1. The molecular formula is C18H21Cl2N5O2. The third-order valence-corrected chi connectivity index (χ3v) is 5.42. The first-order valence-electron chi connectivity index (χ1n) is 8.63. The minimum absolute atomic E-state index is 0.0116. The number of halogens is 2. The van der Waals surface area contributed by atoms with E-state index in [9.17, 15) is 9.59 Å². The van der Waals surface area contributed by atoms with Crippen LogP contribution in [-0.2, 0) is 4.79 Å². The number of likely N-dealkylation sites (N-methyl/N-ethyl adjacent to an activating group) is 1. The molecule has 0 radical (unpaired) electrons. The lowest BCUT2D eigenvalue weighted by Crippen LogP contribution is -2.49. The van der Waals surface area contributed by atoms with Gasteiger partial charge in [0.05, 0.1) is 24.1 Å². The first kappa shape index (κ1) is 19.7. The molecule has 27 heavy (non-hydrogen) atoms. The molecule has 3 rings (SSSR count). The van der Waals surface area contributed by atoms with Gasteiger partial charge in [-0.2, -0.15) is 9.78 Å². The number of amides is 1. The Balaban J connectivity index is 1.79. The van der Waals surface area contributed by atoms with Gasteiger partial charge in [-0.15, -0.1) is 0 Å². The molecule has 1 fully saturated rings. The maximum absolute atomic E-state index is 12.7. The molecule has 0 saturated carbocycles. The van der Waals surface area contributed by atoms with E-state index < -0.39 is 0 Å². The second-order valence-electron chi connectivity index (χ2n) is 6.43. The summed E-state index contributed by atoms with van der Waals surface area (Å²) in [5.41, 5.74) is 1.71. The molecular weight excluding hydrogens is 389 g/mol. The van der Waals surface area contributed by atoms with E-state index in [1.807, 2.05) is 17.9 Å². The van der Waals surface area contributed by atoms with Crippen molar-refractivity contribution >= 4 is 34.8 Å². The predicted octanol–water partition coefficient (Wildman–Crippen LogP) is 1.72. The Morgan fingerprint density at radius 1 is 1.22 bits per heavy atom. The lowest BCUT2D eigenvalue weighted by Gasteiger charge is -2.35. The van der Waals surface area contributed by atoms with Gasteiger partial charge in [-0.25, -0.2) is 0 Å². The second-order valence-corrected chi connectivity index (χ2v) is 7.22. The molecule has 0 bridgehead atoms. The number of piperazine rings is 1. The van der Waals surface area contributed by atoms with Crippen LogP contribution in [0.4, 0.5) is 5.69 Å². The molecule has 9 heteroatoms. The van der Waals surface area contributed by atoms with E-state index in [-0.39, 0.29) is 16.5 Å².